The molecule has 1 aromatic rings. The van der Waals surface area contributed by atoms with Crippen molar-refractivity contribution in [3.8, 4) is 0 Å². The number of hydrogen-bond donors (Lipinski definition) is 4. The molecule has 5 N–H and O–H groups in total. The van der Waals surface area contributed by atoms with E-state index in [1.807, 2.05) is 0 Å². The van der Waals surface area contributed by atoms with E-state index in [4.69, 9.17) is 5.73 Å². The Morgan fingerprint density at radius 3 is 1.93 bits per heavy atom. The van der Waals surface area contributed by atoms with Crippen molar-refractivity contribution >= 4 is 23.4 Å². The van der Waals surface area contributed by atoms with Crippen molar-refractivity contribution in [2.75, 3.05) is 17.7 Å². The van der Waals surface area contributed by atoms with Crippen LogP contribution < -0.4 is 21.7 Å². The fraction of sp³-hybridized carbons (Fsp3) is 0.111. The van der Waals surface area contributed by atoms with E-state index in [0.717, 1.165) is 0 Å². The highest BCUT2D eigenvalue weighted by Gasteiger charge is 1.99. The molecule has 80 valence electrons. The van der Waals surface area contributed by atoms with Gasteiger partial charge in [0.05, 0.1) is 0 Å². The number of hydrogen-bond acceptors (Lipinski definition) is 2. The first-order chi connectivity index (χ1) is 7.11. The van der Waals surface area contributed by atoms with Gasteiger partial charge in [-0.25, -0.2) is 9.59 Å². The van der Waals surface area contributed by atoms with Gasteiger partial charge in [-0.05, 0) is 24.3 Å². The highest BCUT2D eigenvalue weighted by atomic mass is 16.2. The molecule has 0 radical (unpaired) electrons. The number of urea groups is 2. The molecule has 0 aliphatic rings. The molecule has 0 saturated carbocycles. The van der Waals surface area contributed by atoms with Crippen LogP contribution in [-0.4, -0.2) is 19.1 Å². The lowest BCUT2D eigenvalue weighted by Gasteiger charge is -2.05. The van der Waals surface area contributed by atoms with E-state index in [0.29, 0.717) is 11.4 Å². The summed E-state index contributed by atoms with van der Waals surface area (Å²) in [4.78, 5) is 21.4. The molecule has 0 aromatic heterocycles. The van der Waals surface area contributed by atoms with Gasteiger partial charge in [-0.15, -0.1) is 0 Å². The van der Waals surface area contributed by atoms with E-state index in [1.165, 1.54) is 7.05 Å². The number of primary amides is 1. The first-order valence-corrected chi connectivity index (χ1v) is 4.27. The second-order valence-electron chi connectivity index (χ2n) is 2.77. The van der Waals surface area contributed by atoms with E-state index in [1.54, 1.807) is 24.3 Å². The summed E-state index contributed by atoms with van der Waals surface area (Å²) in [6.07, 6.45) is 0. The third kappa shape index (κ3) is 3.55. The molecule has 0 saturated heterocycles. The minimum atomic E-state index is -0.623. The van der Waals surface area contributed by atoms with Gasteiger partial charge in [0, 0.05) is 18.4 Å². The summed E-state index contributed by atoms with van der Waals surface area (Å²) < 4.78 is 0. The molecule has 0 bridgehead atoms. The van der Waals surface area contributed by atoms with Crippen molar-refractivity contribution in [1.29, 1.82) is 0 Å². The van der Waals surface area contributed by atoms with Gasteiger partial charge in [-0.1, -0.05) is 0 Å². The largest absolute Gasteiger partial charge is 0.351 e. The number of amides is 4. The van der Waals surface area contributed by atoms with Crippen LogP contribution in [0, 0.1) is 0 Å². The average molecular weight is 208 g/mol. The molecule has 0 heterocycles. The predicted molar refractivity (Wildman–Crippen MR) is 57.7 cm³/mol. The Morgan fingerprint density at radius 1 is 1.07 bits per heavy atom. The first-order valence-electron chi connectivity index (χ1n) is 4.27. The smallest absolute Gasteiger partial charge is 0.318 e. The summed E-state index contributed by atoms with van der Waals surface area (Å²) in [5.74, 6) is 0. The van der Waals surface area contributed by atoms with Crippen molar-refractivity contribution < 1.29 is 9.59 Å². The molecule has 6 nitrogen and oxygen atoms in total. The van der Waals surface area contributed by atoms with Crippen LogP contribution in [0.15, 0.2) is 24.3 Å². The van der Waals surface area contributed by atoms with Gasteiger partial charge >= 0.3 is 12.1 Å². The van der Waals surface area contributed by atoms with E-state index >= 15 is 0 Å². The van der Waals surface area contributed by atoms with Crippen LogP contribution in [-0.2, 0) is 0 Å². The lowest BCUT2D eigenvalue weighted by Crippen LogP contribution is -2.24. The van der Waals surface area contributed by atoms with Gasteiger partial charge in [0.1, 0.15) is 0 Å². The highest BCUT2D eigenvalue weighted by molar-refractivity contribution is 5.90. The normalized spacial score (nSPS) is 9.13. The second kappa shape index (κ2) is 4.85. The van der Waals surface area contributed by atoms with Gasteiger partial charge in [0.25, 0.3) is 0 Å². The van der Waals surface area contributed by atoms with Crippen LogP contribution in [0.25, 0.3) is 0 Å². The van der Waals surface area contributed by atoms with Crippen LogP contribution in [0.1, 0.15) is 0 Å². The van der Waals surface area contributed by atoms with E-state index in [-0.39, 0.29) is 6.03 Å². The summed E-state index contributed by atoms with van der Waals surface area (Å²) in [5, 5.41) is 7.41. The van der Waals surface area contributed by atoms with Crippen LogP contribution in [0.4, 0.5) is 21.0 Å². The van der Waals surface area contributed by atoms with Crippen molar-refractivity contribution in [1.82, 2.24) is 5.32 Å². The third-order valence-corrected chi connectivity index (χ3v) is 1.64. The molecule has 1 rings (SSSR count). The second-order valence-corrected chi connectivity index (χ2v) is 2.77. The standard InChI is InChI=1S/C9H12N4O2/c1-11-9(15)13-7-4-2-6(3-5-7)12-8(10)14/h2-5H,1H3,(H3,10,12,14)(H2,11,13,15). The Hall–Kier alpha value is -2.24. The molecule has 6 heteroatoms. The summed E-state index contributed by atoms with van der Waals surface area (Å²) >= 11 is 0. The van der Waals surface area contributed by atoms with Crippen molar-refractivity contribution in [2.24, 2.45) is 5.73 Å². The van der Waals surface area contributed by atoms with Crippen molar-refractivity contribution in [3.63, 3.8) is 0 Å². The average Bonchev–Trinajstić information content (AvgIpc) is 2.20. The Morgan fingerprint density at radius 2 is 1.53 bits per heavy atom. The number of benzene rings is 1. The third-order valence-electron chi connectivity index (χ3n) is 1.64. The lowest BCUT2D eigenvalue weighted by molar-refractivity contribution is 0.254. The Labute approximate surface area is 86.8 Å². The number of nitrogens with two attached hydrogens (primary N) is 1. The monoisotopic (exact) mass is 208 g/mol. The molecular formula is C9H12N4O2. The quantitative estimate of drug-likeness (QED) is 0.581. The minimum Gasteiger partial charge on any atom is -0.351 e. The molecule has 4 amide bonds. The zero-order valence-corrected chi connectivity index (χ0v) is 8.20. The minimum absolute atomic E-state index is 0.300. The number of carbonyl (C=O) groups is 2. The van der Waals surface area contributed by atoms with E-state index in [2.05, 4.69) is 16.0 Å². The molecule has 0 aliphatic heterocycles. The van der Waals surface area contributed by atoms with Crippen LogP contribution >= 0.6 is 0 Å². The number of rotatable bonds is 2. The summed E-state index contributed by atoms with van der Waals surface area (Å²) in [6.45, 7) is 0. The maximum atomic E-state index is 10.9. The summed E-state index contributed by atoms with van der Waals surface area (Å²) in [6, 6.07) is 5.65. The molecule has 0 atom stereocenters. The lowest BCUT2D eigenvalue weighted by atomic mass is 10.3. The van der Waals surface area contributed by atoms with E-state index in [9.17, 15) is 9.59 Å². The van der Waals surface area contributed by atoms with Crippen molar-refractivity contribution in [2.45, 2.75) is 0 Å². The first kappa shape index (κ1) is 10.8. The molecule has 0 aliphatic carbocycles. The summed E-state index contributed by atoms with van der Waals surface area (Å²) in [5.41, 5.74) is 6.14. The van der Waals surface area contributed by atoms with Gasteiger partial charge in [0.15, 0.2) is 0 Å². The van der Waals surface area contributed by atoms with Crippen molar-refractivity contribution in [3.05, 3.63) is 24.3 Å². The van der Waals surface area contributed by atoms with Gasteiger partial charge in [-0.2, -0.15) is 0 Å². The molecule has 1 aromatic carbocycles. The molecule has 15 heavy (non-hydrogen) atoms. The van der Waals surface area contributed by atoms with Crippen LogP contribution in [0.3, 0.4) is 0 Å². The van der Waals surface area contributed by atoms with Crippen LogP contribution in [0.5, 0.6) is 0 Å². The zero-order chi connectivity index (χ0) is 11.3. The molecule has 0 spiro atoms. The SMILES string of the molecule is CNC(=O)Nc1ccc(NC(N)=O)cc1. The highest BCUT2D eigenvalue weighted by Crippen LogP contribution is 2.12. The summed E-state index contributed by atoms with van der Waals surface area (Å²) in [7, 11) is 1.53. The topological polar surface area (TPSA) is 96.2 Å². The van der Waals surface area contributed by atoms with E-state index < -0.39 is 6.03 Å². The van der Waals surface area contributed by atoms with Gasteiger partial charge in [0.2, 0.25) is 0 Å². The van der Waals surface area contributed by atoms with Crippen LogP contribution in [0.2, 0.25) is 0 Å². The number of nitrogens with one attached hydrogen (secondary N) is 3. The Kier molecular flexibility index (Phi) is 3.50. The Balaban J connectivity index is 2.64. The zero-order valence-electron chi connectivity index (χ0n) is 8.20. The molecule has 0 fully saturated rings. The fourth-order valence-electron chi connectivity index (χ4n) is 0.973. The van der Waals surface area contributed by atoms with Gasteiger partial charge < -0.3 is 21.7 Å². The fourth-order valence-corrected chi connectivity index (χ4v) is 0.973. The Bertz CT molecular complexity index is 361. The molecule has 0 unspecified atom stereocenters. The van der Waals surface area contributed by atoms with Gasteiger partial charge in [-0.3, -0.25) is 0 Å². The predicted octanol–water partition coefficient (Wildman–Crippen LogP) is 0.928. The maximum Gasteiger partial charge on any atom is 0.318 e. The number of carbonyl (C=O) groups excluding carboxylic acids is 2. The number of anilines is 2. The molecular weight excluding hydrogens is 196 g/mol. The maximum absolute atomic E-state index is 10.9.